The van der Waals surface area contributed by atoms with E-state index in [9.17, 15) is 4.79 Å². The second kappa shape index (κ2) is 7.92. The Labute approximate surface area is 158 Å². The van der Waals surface area contributed by atoms with Crippen LogP contribution in [0.1, 0.15) is 42.1 Å². The molecule has 1 fully saturated rings. The number of carbonyl (C=O) groups is 1. The van der Waals surface area contributed by atoms with Crippen molar-refractivity contribution in [3.05, 3.63) is 35.2 Å². The van der Waals surface area contributed by atoms with Crippen molar-refractivity contribution in [2.24, 2.45) is 7.05 Å². The molecule has 0 unspecified atom stereocenters. The maximum atomic E-state index is 12.8. The van der Waals surface area contributed by atoms with Crippen molar-refractivity contribution < 1.29 is 4.79 Å². The Hall–Kier alpha value is -2.33. The van der Waals surface area contributed by atoms with Crippen LogP contribution in [0.3, 0.4) is 0 Å². The van der Waals surface area contributed by atoms with E-state index in [1.807, 2.05) is 37.6 Å². The fourth-order valence-corrected chi connectivity index (χ4v) is 3.81. The molecule has 1 heterocycles. The van der Waals surface area contributed by atoms with Gasteiger partial charge in [0.1, 0.15) is 5.82 Å². The first-order valence-corrected chi connectivity index (χ1v) is 9.76. The van der Waals surface area contributed by atoms with Gasteiger partial charge in [-0.15, -0.1) is 10.2 Å². The molecule has 1 aliphatic carbocycles. The maximum Gasteiger partial charge on any atom is 0.237 e. The van der Waals surface area contributed by atoms with Crippen LogP contribution < -0.4 is 4.90 Å². The first-order valence-electron chi connectivity index (χ1n) is 8.77. The van der Waals surface area contributed by atoms with E-state index in [1.54, 1.807) is 4.90 Å². The highest BCUT2D eigenvalue weighted by atomic mass is 32.2. The number of nitriles is 1. The van der Waals surface area contributed by atoms with Crippen LogP contribution in [-0.4, -0.2) is 33.0 Å². The lowest BCUT2D eigenvalue weighted by Crippen LogP contribution is -2.33. The molecule has 1 aromatic carbocycles. The van der Waals surface area contributed by atoms with Gasteiger partial charge in [-0.05, 0) is 49.9 Å². The Morgan fingerprint density at radius 3 is 2.62 bits per heavy atom. The third-order valence-electron chi connectivity index (χ3n) is 4.40. The summed E-state index contributed by atoms with van der Waals surface area (Å²) >= 11 is 1.40. The van der Waals surface area contributed by atoms with Gasteiger partial charge < -0.3 is 9.47 Å². The van der Waals surface area contributed by atoms with Gasteiger partial charge >= 0.3 is 0 Å². The second-order valence-electron chi connectivity index (χ2n) is 6.76. The summed E-state index contributed by atoms with van der Waals surface area (Å²) in [6.45, 7) is 4.42. The summed E-state index contributed by atoms with van der Waals surface area (Å²) in [5.41, 5.74) is 3.05. The van der Waals surface area contributed by atoms with E-state index >= 15 is 0 Å². The quantitative estimate of drug-likeness (QED) is 0.700. The van der Waals surface area contributed by atoms with E-state index in [2.05, 4.69) is 22.3 Å². The number of aromatic nitrogens is 3. The lowest BCUT2D eigenvalue weighted by molar-refractivity contribution is -0.116. The number of hydrogen-bond donors (Lipinski definition) is 0. The molecule has 0 aliphatic heterocycles. The van der Waals surface area contributed by atoms with Gasteiger partial charge in [-0.25, -0.2) is 0 Å². The summed E-state index contributed by atoms with van der Waals surface area (Å²) in [7, 11) is 1.96. The maximum absolute atomic E-state index is 12.8. The van der Waals surface area contributed by atoms with Crippen LogP contribution in [0.5, 0.6) is 0 Å². The van der Waals surface area contributed by atoms with Crippen molar-refractivity contribution in [3.8, 4) is 6.07 Å². The van der Waals surface area contributed by atoms with Gasteiger partial charge in [0.25, 0.3) is 0 Å². The molecule has 2 aromatic rings. The Bertz CT molecular complexity index is 830. The Morgan fingerprint density at radius 1 is 1.31 bits per heavy atom. The van der Waals surface area contributed by atoms with Gasteiger partial charge in [-0.1, -0.05) is 17.8 Å². The predicted molar refractivity (Wildman–Crippen MR) is 102 cm³/mol. The van der Waals surface area contributed by atoms with E-state index in [1.165, 1.54) is 24.6 Å². The number of nitrogens with zero attached hydrogens (tertiary/aromatic N) is 5. The van der Waals surface area contributed by atoms with Crippen molar-refractivity contribution in [2.45, 2.75) is 44.2 Å². The molecule has 0 bridgehead atoms. The number of anilines is 1. The molecule has 0 N–H and O–H groups in total. The van der Waals surface area contributed by atoms with Crippen LogP contribution in [0.15, 0.2) is 23.4 Å². The molecule has 0 spiro atoms. The number of thioether (sulfide) groups is 1. The highest BCUT2D eigenvalue weighted by Gasteiger charge is 2.29. The standard InChI is InChI=1S/C19H23N5OS/c1-13-9-14(2)11-16(10-13)24(8-4-7-20)17(25)12-26-19-22-21-18(23(19)3)15-5-6-15/h9-11,15H,4-6,8,12H2,1-3H3. The third kappa shape index (κ3) is 4.25. The zero-order valence-corrected chi connectivity index (χ0v) is 16.2. The Balaban J connectivity index is 1.72. The van der Waals surface area contributed by atoms with Gasteiger partial charge in [0, 0.05) is 25.2 Å². The largest absolute Gasteiger partial charge is 0.311 e. The van der Waals surface area contributed by atoms with Crippen LogP contribution in [-0.2, 0) is 11.8 Å². The van der Waals surface area contributed by atoms with Crippen LogP contribution in [0.2, 0.25) is 0 Å². The number of aryl methyl sites for hydroxylation is 2. The van der Waals surface area contributed by atoms with Crippen LogP contribution in [0, 0.1) is 25.2 Å². The van der Waals surface area contributed by atoms with Gasteiger partial charge in [-0.3, -0.25) is 4.79 Å². The molecule has 1 saturated carbocycles. The minimum absolute atomic E-state index is 0.0220. The van der Waals surface area contributed by atoms with Crippen molar-refractivity contribution in [3.63, 3.8) is 0 Å². The van der Waals surface area contributed by atoms with Gasteiger partial charge in [0.15, 0.2) is 5.16 Å². The highest BCUT2D eigenvalue weighted by Crippen LogP contribution is 2.39. The molecule has 1 aromatic heterocycles. The fraction of sp³-hybridized carbons (Fsp3) is 0.474. The summed E-state index contributed by atoms with van der Waals surface area (Å²) in [5, 5.41) is 18.2. The van der Waals surface area contributed by atoms with E-state index in [0.717, 1.165) is 27.8 Å². The minimum Gasteiger partial charge on any atom is -0.311 e. The van der Waals surface area contributed by atoms with Crippen molar-refractivity contribution in [1.29, 1.82) is 5.26 Å². The van der Waals surface area contributed by atoms with Crippen LogP contribution in [0.25, 0.3) is 0 Å². The average Bonchev–Trinajstić information content (AvgIpc) is 3.36. The second-order valence-corrected chi connectivity index (χ2v) is 7.70. The summed E-state index contributed by atoms with van der Waals surface area (Å²) in [6, 6.07) is 8.18. The van der Waals surface area contributed by atoms with Crippen LogP contribution in [0.4, 0.5) is 5.69 Å². The molecular weight excluding hydrogens is 346 g/mol. The minimum atomic E-state index is -0.0220. The summed E-state index contributed by atoms with van der Waals surface area (Å²) in [5.74, 6) is 1.79. The van der Waals surface area contributed by atoms with Crippen LogP contribution >= 0.6 is 11.8 Å². The number of amides is 1. The molecule has 1 amide bonds. The zero-order valence-electron chi connectivity index (χ0n) is 15.4. The first kappa shape index (κ1) is 18.5. The first-order chi connectivity index (χ1) is 12.5. The van der Waals surface area contributed by atoms with Crippen molar-refractivity contribution in [1.82, 2.24) is 14.8 Å². The van der Waals surface area contributed by atoms with Gasteiger partial charge in [0.2, 0.25) is 5.91 Å². The van der Waals surface area contributed by atoms with E-state index < -0.39 is 0 Å². The molecule has 0 saturated heterocycles. The van der Waals surface area contributed by atoms with E-state index in [-0.39, 0.29) is 11.7 Å². The molecule has 136 valence electrons. The van der Waals surface area contributed by atoms with Gasteiger partial charge in [0.05, 0.1) is 18.2 Å². The highest BCUT2D eigenvalue weighted by molar-refractivity contribution is 7.99. The van der Waals surface area contributed by atoms with Gasteiger partial charge in [-0.2, -0.15) is 5.26 Å². The molecule has 1 aliphatic rings. The van der Waals surface area contributed by atoms with Crippen molar-refractivity contribution >= 4 is 23.4 Å². The third-order valence-corrected chi connectivity index (χ3v) is 5.41. The monoisotopic (exact) mass is 369 g/mol. The number of hydrogen-bond acceptors (Lipinski definition) is 5. The Kier molecular flexibility index (Phi) is 5.62. The SMILES string of the molecule is Cc1cc(C)cc(N(CCC#N)C(=O)CSc2nnc(C3CC3)n2C)c1. The molecule has 0 radical (unpaired) electrons. The number of carbonyl (C=O) groups excluding carboxylic acids is 1. The van der Waals surface area contributed by atoms with E-state index in [0.29, 0.717) is 18.9 Å². The molecular formula is C19H23N5OS. The average molecular weight is 369 g/mol. The zero-order chi connectivity index (χ0) is 18.7. The smallest absolute Gasteiger partial charge is 0.237 e. The Morgan fingerprint density at radius 2 is 2.00 bits per heavy atom. The molecule has 6 nitrogen and oxygen atoms in total. The fourth-order valence-electron chi connectivity index (χ4n) is 3.02. The number of benzene rings is 1. The number of rotatable bonds is 7. The summed E-state index contributed by atoms with van der Waals surface area (Å²) < 4.78 is 1.99. The summed E-state index contributed by atoms with van der Waals surface area (Å²) in [4.78, 5) is 14.6. The van der Waals surface area contributed by atoms with E-state index in [4.69, 9.17) is 5.26 Å². The molecule has 0 atom stereocenters. The summed E-state index contributed by atoms with van der Waals surface area (Å²) in [6.07, 6.45) is 2.65. The molecule has 26 heavy (non-hydrogen) atoms. The molecule has 7 heteroatoms. The topological polar surface area (TPSA) is 74.8 Å². The molecule has 3 rings (SSSR count). The normalized spacial score (nSPS) is 13.5. The van der Waals surface area contributed by atoms with Crippen molar-refractivity contribution in [2.75, 3.05) is 17.2 Å². The predicted octanol–water partition coefficient (Wildman–Crippen LogP) is 3.35. The lowest BCUT2D eigenvalue weighted by Gasteiger charge is -2.22. The lowest BCUT2D eigenvalue weighted by atomic mass is 10.1.